The highest BCUT2D eigenvalue weighted by Crippen LogP contribution is 2.45. The first-order valence-corrected chi connectivity index (χ1v) is 13.3. The van der Waals surface area contributed by atoms with Gasteiger partial charge in [-0.05, 0) is 54.4 Å². The highest BCUT2D eigenvalue weighted by Gasteiger charge is 2.48. The van der Waals surface area contributed by atoms with E-state index in [1.165, 1.54) is 16.2 Å². The molecule has 38 heavy (non-hydrogen) atoms. The number of anilines is 1. The highest BCUT2D eigenvalue weighted by molar-refractivity contribution is 7.22. The number of carbonyl (C=O) groups excluding carboxylic acids is 2. The maximum atomic E-state index is 13.5. The Morgan fingerprint density at radius 3 is 2.61 bits per heavy atom. The number of rotatable bonds is 8. The monoisotopic (exact) mass is 548 g/mol. The molecule has 0 bridgehead atoms. The summed E-state index contributed by atoms with van der Waals surface area (Å²) in [6.07, 6.45) is 1.88. The molecule has 4 aromatic rings. The summed E-state index contributed by atoms with van der Waals surface area (Å²) in [4.78, 5) is 32.9. The normalized spacial score (nSPS) is 16.8. The zero-order valence-electron chi connectivity index (χ0n) is 20.8. The third kappa shape index (κ3) is 4.85. The summed E-state index contributed by atoms with van der Waals surface area (Å²) in [5.74, 6) is -0.621. The number of thiazole rings is 1. The van der Waals surface area contributed by atoms with Crippen LogP contribution in [0, 0.1) is 0 Å². The van der Waals surface area contributed by atoms with E-state index in [0.717, 1.165) is 17.5 Å². The van der Waals surface area contributed by atoms with Gasteiger partial charge in [-0.3, -0.25) is 14.5 Å². The number of unbranched alkanes of at least 4 members (excludes halogenated alkanes) is 1. The average molecular weight is 549 g/mol. The minimum absolute atomic E-state index is 0.0279. The third-order valence-corrected chi connectivity index (χ3v) is 7.56. The summed E-state index contributed by atoms with van der Waals surface area (Å²) in [7, 11) is 1.58. The van der Waals surface area contributed by atoms with Gasteiger partial charge in [0.1, 0.15) is 17.3 Å². The summed E-state index contributed by atoms with van der Waals surface area (Å²) in [5.41, 5.74) is 1.63. The number of Topliss-reactive ketones (excluding diaryl/α,β-unsaturated/α-hetero) is 1. The predicted molar refractivity (Wildman–Crippen MR) is 149 cm³/mol. The molecule has 0 aliphatic carbocycles. The standard InChI is InChI=1S/C29H25ClN2O5S/c1-3-4-14-37-21-7-5-6-18(15-21)26(33)24-25(17-8-10-19(30)11-9-17)32(28(35)27(24)34)29-31-22-13-12-20(36-2)16-23(22)38-29/h5-13,15-16,25,33H,3-4,14H2,1-2H3. The van der Waals surface area contributed by atoms with Crippen LogP contribution in [0.3, 0.4) is 0 Å². The van der Waals surface area contributed by atoms with E-state index in [-0.39, 0.29) is 11.3 Å². The van der Waals surface area contributed by atoms with E-state index in [1.807, 2.05) is 6.07 Å². The molecule has 0 saturated carbocycles. The van der Waals surface area contributed by atoms with Crippen LogP contribution in [0.15, 0.2) is 72.3 Å². The molecule has 1 N–H and O–H groups in total. The van der Waals surface area contributed by atoms with Crippen molar-refractivity contribution in [2.75, 3.05) is 18.6 Å². The van der Waals surface area contributed by atoms with Gasteiger partial charge in [0.05, 0.1) is 35.5 Å². The van der Waals surface area contributed by atoms with Crippen molar-refractivity contribution in [2.45, 2.75) is 25.8 Å². The molecule has 1 unspecified atom stereocenters. The second-order valence-corrected chi connectivity index (χ2v) is 10.2. The molecule has 1 aliphatic rings. The maximum Gasteiger partial charge on any atom is 0.301 e. The fraction of sp³-hybridized carbons (Fsp3) is 0.207. The van der Waals surface area contributed by atoms with Crippen LogP contribution in [0.1, 0.15) is 36.9 Å². The summed E-state index contributed by atoms with van der Waals surface area (Å²) in [5, 5.41) is 12.3. The van der Waals surface area contributed by atoms with E-state index >= 15 is 0 Å². The van der Waals surface area contributed by atoms with Crippen molar-refractivity contribution in [1.29, 1.82) is 0 Å². The van der Waals surface area contributed by atoms with Gasteiger partial charge in [0.15, 0.2) is 5.13 Å². The lowest BCUT2D eigenvalue weighted by Gasteiger charge is -2.23. The molecule has 1 aliphatic heterocycles. The van der Waals surface area contributed by atoms with Crippen LogP contribution in [0.5, 0.6) is 11.5 Å². The van der Waals surface area contributed by atoms with Crippen LogP contribution in [0.25, 0.3) is 16.0 Å². The van der Waals surface area contributed by atoms with Gasteiger partial charge in [0.25, 0.3) is 5.78 Å². The molecule has 194 valence electrons. The molecule has 1 aromatic heterocycles. The lowest BCUT2D eigenvalue weighted by molar-refractivity contribution is -0.132. The van der Waals surface area contributed by atoms with Crippen molar-refractivity contribution in [3.05, 3.63) is 88.5 Å². The zero-order chi connectivity index (χ0) is 26.8. The van der Waals surface area contributed by atoms with Gasteiger partial charge in [-0.15, -0.1) is 0 Å². The molecule has 5 rings (SSSR count). The molecule has 3 aromatic carbocycles. The van der Waals surface area contributed by atoms with Crippen LogP contribution in [-0.2, 0) is 9.59 Å². The number of amides is 1. The van der Waals surface area contributed by atoms with Crippen molar-refractivity contribution in [3.63, 3.8) is 0 Å². The number of methoxy groups -OCH3 is 1. The number of fused-ring (bicyclic) bond motifs is 1. The average Bonchev–Trinajstić information content (AvgIpc) is 3.46. The molecule has 2 heterocycles. The van der Waals surface area contributed by atoms with Crippen molar-refractivity contribution < 1.29 is 24.2 Å². The SMILES string of the molecule is CCCCOc1cccc(C(O)=C2C(=O)C(=O)N(c3nc4ccc(OC)cc4s3)C2c2ccc(Cl)cc2)c1. The minimum Gasteiger partial charge on any atom is -0.507 e. The van der Waals surface area contributed by atoms with E-state index in [0.29, 0.717) is 44.9 Å². The number of benzene rings is 3. The summed E-state index contributed by atoms with van der Waals surface area (Å²) in [6.45, 7) is 2.61. The largest absolute Gasteiger partial charge is 0.507 e. The number of halogens is 1. The Bertz CT molecular complexity index is 1550. The number of hydrogen-bond donors (Lipinski definition) is 1. The Hall–Kier alpha value is -3.88. The molecule has 1 amide bonds. The Balaban J connectivity index is 1.64. The second-order valence-electron chi connectivity index (χ2n) is 8.78. The predicted octanol–water partition coefficient (Wildman–Crippen LogP) is 6.76. The van der Waals surface area contributed by atoms with Crippen molar-refractivity contribution in [3.8, 4) is 11.5 Å². The third-order valence-electron chi connectivity index (χ3n) is 6.29. The van der Waals surface area contributed by atoms with E-state index in [4.69, 9.17) is 21.1 Å². The molecular weight excluding hydrogens is 524 g/mol. The number of aliphatic hydroxyl groups excluding tert-OH is 1. The summed E-state index contributed by atoms with van der Waals surface area (Å²) < 4.78 is 11.9. The molecule has 7 nitrogen and oxygen atoms in total. The topological polar surface area (TPSA) is 89.0 Å². The second kappa shape index (κ2) is 10.8. The minimum atomic E-state index is -0.903. The first kappa shape index (κ1) is 25.8. The molecule has 9 heteroatoms. The quantitative estimate of drug-likeness (QED) is 0.113. The Labute approximate surface area is 228 Å². The first-order chi connectivity index (χ1) is 18.4. The van der Waals surface area contributed by atoms with Crippen LogP contribution in [0.2, 0.25) is 5.02 Å². The fourth-order valence-corrected chi connectivity index (χ4v) is 5.48. The summed E-state index contributed by atoms with van der Waals surface area (Å²) in [6, 6.07) is 18.2. The van der Waals surface area contributed by atoms with Crippen LogP contribution >= 0.6 is 22.9 Å². The number of nitrogens with zero attached hydrogens (tertiary/aromatic N) is 2. The number of ether oxygens (including phenoxy) is 2. The van der Waals surface area contributed by atoms with Gasteiger partial charge in [0, 0.05) is 10.6 Å². The van der Waals surface area contributed by atoms with E-state index in [1.54, 1.807) is 67.8 Å². The number of aliphatic hydroxyl groups is 1. The molecule has 0 radical (unpaired) electrons. The highest BCUT2D eigenvalue weighted by atomic mass is 35.5. The first-order valence-electron chi connectivity index (χ1n) is 12.2. The van der Waals surface area contributed by atoms with Crippen LogP contribution in [-0.4, -0.2) is 35.5 Å². The van der Waals surface area contributed by atoms with E-state index < -0.39 is 17.7 Å². The van der Waals surface area contributed by atoms with E-state index in [2.05, 4.69) is 11.9 Å². The van der Waals surface area contributed by atoms with E-state index in [9.17, 15) is 14.7 Å². The van der Waals surface area contributed by atoms with Gasteiger partial charge in [-0.1, -0.05) is 60.5 Å². The smallest absolute Gasteiger partial charge is 0.301 e. The Morgan fingerprint density at radius 1 is 1.08 bits per heavy atom. The van der Waals surface area contributed by atoms with Crippen LogP contribution < -0.4 is 14.4 Å². The summed E-state index contributed by atoms with van der Waals surface area (Å²) >= 11 is 7.40. The Kier molecular flexibility index (Phi) is 7.35. The number of hydrogen-bond acceptors (Lipinski definition) is 7. The van der Waals surface area contributed by atoms with Gasteiger partial charge in [-0.25, -0.2) is 4.98 Å². The molecular formula is C29H25ClN2O5S. The van der Waals surface area contributed by atoms with Crippen molar-refractivity contribution >= 4 is 55.7 Å². The fourth-order valence-electron chi connectivity index (χ4n) is 4.34. The number of ketones is 1. The zero-order valence-corrected chi connectivity index (χ0v) is 22.4. The maximum absolute atomic E-state index is 13.5. The number of carbonyl (C=O) groups is 2. The van der Waals surface area contributed by atoms with Crippen LogP contribution in [0.4, 0.5) is 5.13 Å². The molecule has 0 spiro atoms. The van der Waals surface area contributed by atoms with Gasteiger partial charge in [-0.2, -0.15) is 0 Å². The lowest BCUT2D eigenvalue weighted by atomic mass is 9.95. The number of aromatic nitrogens is 1. The molecule has 1 fully saturated rings. The van der Waals surface area contributed by atoms with Gasteiger partial charge < -0.3 is 14.6 Å². The molecule has 1 atom stereocenters. The lowest BCUT2D eigenvalue weighted by Crippen LogP contribution is -2.29. The van der Waals surface area contributed by atoms with Gasteiger partial charge >= 0.3 is 5.91 Å². The molecule has 1 saturated heterocycles. The Morgan fingerprint density at radius 2 is 1.87 bits per heavy atom. The van der Waals surface area contributed by atoms with Crippen molar-refractivity contribution in [1.82, 2.24) is 4.98 Å². The van der Waals surface area contributed by atoms with Gasteiger partial charge in [0.2, 0.25) is 0 Å². The van der Waals surface area contributed by atoms with Crippen molar-refractivity contribution in [2.24, 2.45) is 0 Å².